The molecule has 0 aliphatic carbocycles. The van der Waals surface area contributed by atoms with Crippen LogP contribution in [0.4, 0.5) is 5.82 Å². The summed E-state index contributed by atoms with van der Waals surface area (Å²) in [5.74, 6) is 2.28. The van der Waals surface area contributed by atoms with Crippen LogP contribution in [0.1, 0.15) is 12.7 Å². The lowest BCUT2D eigenvalue weighted by molar-refractivity contribution is -0.113. The normalized spacial score (nSPS) is 10.8. The number of amides is 1. The highest BCUT2D eigenvalue weighted by Gasteiger charge is 2.18. The summed E-state index contributed by atoms with van der Waals surface area (Å²) in [6.45, 7) is 4.28. The minimum absolute atomic E-state index is 0.122. The van der Waals surface area contributed by atoms with E-state index in [4.69, 9.17) is 20.9 Å². The summed E-state index contributed by atoms with van der Waals surface area (Å²) in [6.07, 6.45) is 0. The van der Waals surface area contributed by atoms with Crippen LogP contribution in [0, 0.1) is 6.92 Å². The van der Waals surface area contributed by atoms with Gasteiger partial charge < -0.3 is 14.6 Å². The molecule has 2 aromatic carbocycles. The SMILES string of the molecule is CCOc1ccc(-n2c(SCC(=O)Nc3cc(C)on3)nnc2-c2cccc(Cl)c2)cc1. The molecule has 0 atom stereocenters. The molecule has 8 nitrogen and oxygen atoms in total. The fourth-order valence-corrected chi connectivity index (χ4v) is 3.95. The Morgan fingerprint density at radius 3 is 2.69 bits per heavy atom. The molecule has 164 valence electrons. The first-order chi connectivity index (χ1) is 15.5. The minimum atomic E-state index is -0.228. The predicted molar refractivity (Wildman–Crippen MR) is 124 cm³/mol. The van der Waals surface area contributed by atoms with E-state index in [-0.39, 0.29) is 11.7 Å². The van der Waals surface area contributed by atoms with Crippen LogP contribution in [-0.2, 0) is 4.79 Å². The molecule has 2 heterocycles. The molecule has 0 bridgehead atoms. The van der Waals surface area contributed by atoms with E-state index in [0.717, 1.165) is 17.0 Å². The lowest BCUT2D eigenvalue weighted by Crippen LogP contribution is -2.14. The monoisotopic (exact) mass is 469 g/mol. The third-order valence-corrected chi connectivity index (χ3v) is 5.51. The number of ether oxygens (including phenoxy) is 1. The number of carbonyl (C=O) groups is 1. The molecule has 0 saturated carbocycles. The van der Waals surface area contributed by atoms with Gasteiger partial charge in [0.15, 0.2) is 16.8 Å². The van der Waals surface area contributed by atoms with E-state index in [9.17, 15) is 4.79 Å². The average Bonchev–Trinajstić information content (AvgIpc) is 3.39. The van der Waals surface area contributed by atoms with Crippen molar-refractivity contribution in [3.8, 4) is 22.8 Å². The van der Waals surface area contributed by atoms with Gasteiger partial charge in [-0.1, -0.05) is 40.7 Å². The van der Waals surface area contributed by atoms with Gasteiger partial charge in [-0.3, -0.25) is 9.36 Å². The first-order valence-corrected chi connectivity index (χ1v) is 11.2. The standard InChI is InChI=1S/C22H20ClN5O3S/c1-3-30-18-9-7-17(8-10-18)28-21(15-5-4-6-16(23)12-15)25-26-22(28)32-13-20(29)24-19-11-14(2)31-27-19/h4-12H,3,13H2,1-2H3,(H,24,27,29). The Labute approximate surface area is 193 Å². The molecule has 0 fully saturated rings. The maximum Gasteiger partial charge on any atom is 0.236 e. The summed E-state index contributed by atoms with van der Waals surface area (Å²) >= 11 is 7.46. The number of rotatable bonds is 8. The van der Waals surface area contributed by atoms with Crippen molar-refractivity contribution in [2.45, 2.75) is 19.0 Å². The van der Waals surface area contributed by atoms with Crippen LogP contribution in [0.5, 0.6) is 5.75 Å². The molecule has 0 aliphatic rings. The fourth-order valence-electron chi connectivity index (χ4n) is 3.00. The second-order valence-corrected chi connectivity index (χ2v) is 8.12. The number of nitrogens with zero attached hydrogens (tertiary/aromatic N) is 4. The van der Waals surface area contributed by atoms with Crippen LogP contribution in [0.15, 0.2) is 64.3 Å². The Kier molecular flexibility index (Phi) is 6.77. The van der Waals surface area contributed by atoms with Crippen molar-refractivity contribution < 1.29 is 14.1 Å². The number of anilines is 1. The minimum Gasteiger partial charge on any atom is -0.494 e. The predicted octanol–water partition coefficient (Wildman–Crippen LogP) is 5.01. The quantitative estimate of drug-likeness (QED) is 0.362. The zero-order valence-corrected chi connectivity index (χ0v) is 19.0. The van der Waals surface area contributed by atoms with Crippen molar-refractivity contribution in [3.05, 3.63) is 65.4 Å². The molecule has 1 N–H and O–H groups in total. The summed E-state index contributed by atoms with van der Waals surface area (Å²) in [4.78, 5) is 12.4. The molecule has 2 aromatic heterocycles. The number of hydrogen-bond acceptors (Lipinski definition) is 7. The first kappa shape index (κ1) is 21.9. The Balaban J connectivity index is 1.62. The van der Waals surface area contributed by atoms with E-state index in [1.165, 1.54) is 11.8 Å². The van der Waals surface area contributed by atoms with Gasteiger partial charge in [0.2, 0.25) is 5.91 Å². The van der Waals surface area contributed by atoms with Crippen molar-refractivity contribution in [1.29, 1.82) is 0 Å². The molecule has 32 heavy (non-hydrogen) atoms. The molecule has 0 unspecified atom stereocenters. The highest BCUT2D eigenvalue weighted by atomic mass is 35.5. The molecule has 0 aliphatic heterocycles. The first-order valence-electron chi connectivity index (χ1n) is 9.84. The Hall–Kier alpha value is -3.30. The third kappa shape index (κ3) is 5.12. The molecular weight excluding hydrogens is 450 g/mol. The summed E-state index contributed by atoms with van der Waals surface area (Å²) < 4.78 is 12.4. The zero-order chi connectivity index (χ0) is 22.5. The molecule has 10 heteroatoms. The smallest absolute Gasteiger partial charge is 0.236 e. The van der Waals surface area contributed by atoms with E-state index in [0.29, 0.717) is 34.2 Å². The van der Waals surface area contributed by atoms with Gasteiger partial charge in [0.05, 0.1) is 12.4 Å². The number of nitrogens with one attached hydrogen (secondary N) is 1. The van der Waals surface area contributed by atoms with Gasteiger partial charge in [-0.2, -0.15) is 0 Å². The number of hydrogen-bond donors (Lipinski definition) is 1. The van der Waals surface area contributed by atoms with E-state index < -0.39 is 0 Å². The highest BCUT2D eigenvalue weighted by molar-refractivity contribution is 7.99. The van der Waals surface area contributed by atoms with Crippen LogP contribution in [0.3, 0.4) is 0 Å². The molecular formula is C22H20ClN5O3S. The molecule has 4 aromatic rings. The van der Waals surface area contributed by atoms with Crippen molar-refractivity contribution in [2.24, 2.45) is 0 Å². The number of benzene rings is 2. The summed E-state index contributed by atoms with van der Waals surface area (Å²) in [7, 11) is 0. The largest absolute Gasteiger partial charge is 0.494 e. The van der Waals surface area contributed by atoms with Crippen molar-refractivity contribution in [1.82, 2.24) is 19.9 Å². The number of carbonyl (C=O) groups excluding carboxylic acids is 1. The van der Waals surface area contributed by atoms with Crippen LogP contribution in [-0.4, -0.2) is 38.2 Å². The van der Waals surface area contributed by atoms with Crippen molar-refractivity contribution in [3.63, 3.8) is 0 Å². The Morgan fingerprint density at radius 2 is 2.00 bits per heavy atom. The number of thioether (sulfide) groups is 1. The van der Waals surface area contributed by atoms with Gasteiger partial charge in [0.1, 0.15) is 11.5 Å². The lowest BCUT2D eigenvalue weighted by atomic mass is 10.2. The Bertz CT molecular complexity index is 1220. The lowest BCUT2D eigenvalue weighted by Gasteiger charge is -2.11. The maximum atomic E-state index is 12.4. The third-order valence-electron chi connectivity index (χ3n) is 4.35. The van der Waals surface area contributed by atoms with Crippen LogP contribution >= 0.6 is 23.4 Å². The van der Waals surface area contributed by atoms with Gasteiger partial charge in [0.25, 0.3) is 0 Å². The van der Waals surface area contributed by atoms with Crippen LogP contribution in [0.25, 0.3) is 17.1 Å². The number of aryl methyl sites for hydroxylation is 1. The van der Waals surface area contributed by atoms with Gasteiger partial charge in [-0.05, 0) is 50.2 Å². The molecule has 1 amide bonds. The Morgan fingerprint density at radius 1 is 1.19 bits per heavy atom. The average molecular weight is 470 g/mol. The van der Waals surface area contributed by atoms with Crippen LogP contribution < -0.4 is 10.1 Å². The molecule has 0 radical (unpaired) electrons. The van der Waals surface area contributed by atoms with Crippen molar-refractivity contribution in [2.75, 3.05) is 17.7 Å². The van der Waals surface area contributed by atoms with E-state index in [2.05, 4.69) is 20.7 Å². The van der Waals surface area contributed by atoms with Crippen molar-refractivity contribution >= 4 is 35.1 Å². The second kappa shape index (κ2) is 9.88. The van der Waals surface area contributed by atoms with E-state index >= 15 is 0 Å². The van der Waals surface area contributed by atoms with Gasteiger partial charge in [-0.25, -0.2) is 0 Å². The maximum absolute atomic E-state index is 12.4. The van der Waals surface area contributed by atoms with Gasteiger partial charge in [0, 0.05) is 22.3 Å². The second-order valence-electron chi connectivity index (χ2n) is 6.74. The number of aromatic nitrogens is 4. The van der Waals surface area contributed by atoms with E-state index in [1.807, 2.05) is 54.0 Å². The summed E-state index contributed by atoms with van der Waals surface area (Å²) in [5.41, 5.74) is 1.65. The summed E-state index contributed by atoms with van der Waals surface area (Å²) in [5, 5.41) is 16.3. The topological polar surface area (TPSA) is 95.1 Å². The fraction of sp³-hybridized carbons (Fsp3) is 0.182. The molecule has 0 saturated heterocycles. The highest BCUT2D eigenvalue weighted by Crippen LogP contribution is 2.30. The van der Waals surface area contributed by atoms with Gasteiger partial charge in [-0.15, -0.1) is 10.2 Å². The number of halogens is 1. The van der Waals surface area contributed by atoms with Gasteiger partial charge >= 0.3 is 0 Å². The summed E-state index contributed by atoms with van der Waals surface area (Å²) in [6, 6.07) is 16.7. The molecule has 4 rings (SSSR count). The zero-order valence-electron chi connectivity index (χ0n) is 17.4. The van der Waals surface area contributed by atoms with Crippen LogP contribution in [0.2, 0.25) is 5.02 Å². The van der Waals surface area contributed by atoms with E-state index in [1.54, 1.807) is 19.1 Å². The molecule has 0 spiro atoms.